The molecular weight excluding hydrogens is 198 g/mol. The Morgan fingerprint density at radius 1 is 1.31 bits per heavy atom. The molecule has 88 valence electrons. The lowest BCUT2D eigenvalue weighted by molar-refractivity contribution is 0.394. The summed E-state index contributed by atoms with van der Waals surface area (Å²) in [5.74, 6) is 2.85. The highest BCUT2D eigenvalue weighted by molar-refractivity contribution is 5.12. The van der Waals surface area contributed by atoms with Gasteiger partial charge in [-0.1, -0.05) is 6.92 Å². The molecular formula is C13H21N3. The van der Waals surface area contributed by atoms with E-state index >= 15 is 0 Å². The highest BCUT2D eigenvalue weighted by Crippen LogP contribution is 2.27. The Balaban J connectivity index is 1.80. The Hall–Kier alpha value is -0.830. The van der Waals surface area contributed by atoms with Gasteiger partial charge in [0.05, 0.1) is 5.69 Å². The molecule has 0 spiro atoms. The van der Waals surface area contributed by atoms with Crippen molar-refractivity contribution in [3.05, 3.63) is 17.7 Å². The lowest BCUT2D eigenvalue weighted by atomic mass is 9.95. The van der Waals surface area contributed by atoms with Crippen molar-refractivity contribution < 1.29 is 0 Å². The van der Waals surface area contributed by atoms with Crippen LogP contribution in [0.1, 0.15) is 43.6 Å². The average molecular weight is 219 g/mol. The second kappa shape index (κ2) is 4.21. The molecule has 0 aliphatic carbocycles. The fourth-order valence-electron chi connectivity index (χ4n) is 2.95. The maximum absolute atomic E-state index is 4.84. The van der Waals surface area contributed by atoms with Crippen LogP contribution in [0, 0.1) is 5.92 Å². The van der Waals surface area contributed by atoms with E-state index < -0.39 is 0 Å². The Morgan fingerprint density at radius 2 is 2.12 bits per heavy atom. The van der Waals surface area contributed by atoms with Gasteiger partial charge < -0.3 is 9.88 Å². The number of aromatic nitrogens is 2. The van der Waals surface area contributed by atoms with Gasteiger partial charge in [-0.25, -0.2) is 4.98 Å². The van der Waals surface area contributed by atoms with Crippen molar-refractivity contribution in [2.24, 2.45) is 5.92 Å². The molecule has 1 atom stereocenters. The summed E-state index contributed by atoms with van der Waals surface area (Å²) in [5, 5.41) is 3.42. The van der Waals surface area contributed by atoms with Gasteiger partial charge in [-0.15, -0.1) is 0 Å². The summed E-state index contributed by atoms with van der Waals surface area (Å²) in [6.07, 6.45) is 7.31. The first-order chi connectivity index (χ1) is 7.83. The third-order valence-corrected chi connectivity index (χ3v) is 4.00. The predicted molar refractivity (Wildman–Crippen MR) is 64.6 cm³/mol. The summed E-state index contributed by atoms with van der Waals surface area (Å²) in [7, 11) is 0. The first kappa shape index (κ1) is 10.3. The topological polar surface area (TPSA) is 29.9 Å². The van der Waals surface area contributed by atoms with Crippen LogP contribution in [0.2, 0.25) is 0 Å². The molecule has 0 bridgehead atoms. The predicted octanol–water partition coefficient (Wildman–Crippen LogP) is 1.93. The van der Waals surface area contributed by atoms with Crippen molar-refractivity contribution >= 4 is 0 Å². The molecule has 1 aromatic heterocycles. The second-order valence-electron chi connectivity index (χ2n) is 5.40. The number of aryl methyl sites for hydroxylation is 1. The minimum absolute atomic E-state index is 0.703. The number of rotatable bonds is 1. The van der Waals surface area contributed by atoms with E-state index in [2.05, 4.69) is 23.0 Å². The number of hydrogen-bond donors (Lipinski definition) is 1. The molecule has 0 radical (unpaired) electrons. The van der Waals surface area contributed by atoms with Crippen LogP contribution >= 0.6 is 0 Å². The van der Waals surface area contributed by atoms with E-state index in [9.17, 15) is 0 Å². The van der Waals surface area contributed by atoms with E-state index in [-0.39, 0.29) is 0 Å². The van der Waals surface area contributed by atoms with Crippen LogP contribution in [-0.4, -0.2) is 22.6 Å². The molecule has 3 nitrogen and oxygen atoms in total. The van der Waals surface area contributed by atoms with Crippen LogP contribution < -0.4 is 5.32 Å². The van der Waals surface area contributed by atoms with Gasteiger partial charge in [0, 0.05) is 25.1 Å². The molecule has 3 heteroatoms. The van der Waals surface area contributed by atoms with Crippen LogP contribution in [0.4, 0.5) is 0 Å². The Kier molecular flexibility index (Phi) is 2.72. The van der Waals surface area contributed by atoms with Crippen molar-refractivity contribution in [3.63, 3.8) is 0 Å². The quantitative estimate of drug-likeness (QED) is 0.782. The highest BCUT2D eigenvalue weighted by Gasteiger charge is 2.22. The van der Waals surface area contributed by atoms with Crippen LogP contribution in [-0.2, 0) is 13.0 Å². The van der Waals surface area contributed by atoms with Crippen molar-refractivity contribution in [1.29, 1.82) is 0 Å². The van der Waals surface area contributed by atoms with Crippen LogP contribution in [0.15, 0.2) is 6.20 Å². The summed E-state index contributed by atoms with van der Waals surface area (Å²) < 4.78 is 2.39. The standard InChI is InChI=1S/C13H21N3/c1-10-2-3-13-15-12(9-16(13)8-10)11-4-6-14-7-5-11/h9-11,14H,2-8H2,1H3. The Morgan fingerprint density at radius 3 is 2.94 bits per heavy atom. The van der Waals surface area contributed by atoms with Gasteiger partial charge >= 0.3 is 0 Å². The molecule has 2 aliphatic heterocycles. The Bertz CT molecular complexity index is 363. The molecule has 0 saturated carbocycles. The highest BCUT2D eigenvalue weighted by atomic mass is 15.1. The maximum atomic E-state index is 4.84. The van der Waals surface area contributed by atoms with Gasteiger partial charge in [-0.2, -0.15) is 0 Å². The lowest BCUT2D eigenvalue weighted by Gasteiger charge is -2.20. The van der Waals surface area contributed by atoms with E-state index in [1.165, 1.54) is 43.7 Å². The zero-order valence-corrected chi connectivity index (χ0v) is 10.1. The SMILES string of the molecule is CC1CCc2nc(C3CCNCC3)cn2C1. The van der Waals surface area contributed by atoms with E-state index in [1.807, 2.05) is 0 Å². The van der Waals surface area contributed by atoms with Gasteiger partial charge in [-0.05, 0) is 38.3 Å². The van der Waals surface area contributed by atoms with Crippen molar-refractivity contribution in [2.75, 3.05) is 13.1 Å². The second-order valence-corrected chi connectivity index (χ2v) is 5.40. The number of nitrogens with one attached hydrogen (secondary N) is 1. The van der Waals surface area contributed by atoms with Crippen LogP contribution in [0.3, 0.4) is 0 Å². The van der Waals surface area contributed by atoms with E-state index in [0.717, 1.165) is 19.0 Å². The summed E-state index contributed by atoms with van der Waals surface area (Å²) in [4.78, 5) is 4.84. The monoisotopic (exact) mass is 219 g/mol. The molecule has 1 unspecified atom stereocenters. The summed E-state index contributed by atoms with van der Waals surface area (Å²) >= 11 is 0. The van der Waals surface area contributed by atoms with E-state index in [0.29, 0.717) is 5.92 Å². The summed E-state index contributed by atoms with van der Waals surface area (Å²) in [6, 6.07) is 0. The first-order valence-electron chi connectivity index (χ1n) is 6.59. The minimum Gasteiger partial charge on any atom is -0.334 e. The lowest BCUT2D eigenvalue weighted by Crippen LogP contribution is -2.26. The van der Waals surface area contributed by atoms with Crippen molar-refractivity contribution in [1.82, 2.24) is 14.9 Å². The molecule has 1 saturated heterocycles. The maximum Gasteiger partial charge on any atom is 0.108 e. The van der Waals surface area contributed by atoms with Gasteiger partial charge in [-0.3, -0.25) is 0 Å². The van der Waals surface area contributed by atoms with Crippen molar-refractivity contribution in [3.8, 4) is 0 Å². The molecule has 1 N–H and O–H groups in total. The fourth-order valence-corrected chi connectivity index (χ4v) is 2.95. The average Bonchev–Trinajstić information content (AvgIpc) is 2.73. The van der Waals surface area contributed by atoms with Gasteiger partial charge in [0.2, 0.25) is 0 Å². The number of imidazole rings is 1. The number of piperidine rings is 1. The smallest absolute Gasteiger partial charge is 0.108 e. The molecule has 0 aromatic carbocycles. The molecule has 1 aromatic rings. The summed E-state index contributed by atoms with van der Waals surface area (Å²) in [6.45, 7) is 5.83. The van der Waals surface area contributed by atoms with Crippen molar-refractivity contribution in [2.45, 2.75) is 45.1 Å². The van der Waals surface area contributed by atoms with Gasteiger partial charge in [0.15, 0.2) is 0 Å². The van der Waals surface area contributed by atoms with Crippen LogP contribution in [0.25, 0.3) is 0 Å². The fraction of sp³-hybridized carbons (Fsp3) is 0.769. The van der Waals surface area contributed by atoms with Crippen LogP contribution in [0.5, 0.6) is 0 Å². The zero-order valence-electron chi connectivity index (χ0n) is 10.1. The third kappa shape index (κ3) is 1.88. The van der Waals surface area contributed by atoms with E-state index in [1.54, 1.807) is 0 Å². The largest absolute Gasteiger partial charge is 0.334 e. The molecule has 0 amide bonds. The van der Waals surface area contributed by atoms with Gasteiger partial charge in [0.25, 0.3) is 0 Å². The summed E-state index contributed by atoms with van der Waals surface area (Å²) in [5.41, 5.74) is 1.35. The number of nitrogens with zero attached hydrogens (tertiary/aromatic N) is 2. The number of hydrogen-bond acceptors (Lipinski definition) is 2. The molecule has 16 heavy (non-hydrogen) atoms. The normalized spacial score (nSPS) is 26.7. The molecule has 3 rings (SSSR count). The van der Waals surface area contributed by atoms with E-state index in [4.69, 9.17) is 4.98 Å². The third-order valence-electron chi connectivity index (χ3n) is 4.00. The zero-order chi connectivity index (χ0) is 11.0. The first-order valence-corrected chi connectivity index (χ1v) is 6.59. The number of fused-ring (bicyclic) bond motifs is 1. The molecule has 2 aliphatic rings. The van der Waals surface area contributed by atoms with Gasteiger partial charge in [0.1, 0.15) is 5.82 Å². The molecule has 1 fully saturated rings. The minimum atomic E-state index is 0.703. The Labute approximate surface area is 97.3 Å². The molecule has 3 heterocycles.